The van der Waals surface area contributed by atoms with Crippen molar-refractivity contribution < 1.29 is 4.92 Å². The molecule has 1 N–H and O–H groups in total. The lowest BCUT2D eigenvalue weighted by molar-refractivity contribution is -0.384. The fourth-order valence-corrected chi connectivity index (χ4v) is 4.35. The summed E-state index contributed by atoms with van der Waals surface area (Å²) in [6, 6.07) is 9.48. The minimum Gasteiger partial charge on any atom is -0.372 e. The number of nitro groups is 1. The summed E-state index contributed by atoms with van der Waals surface area (Å²) in [5.41, 5.74) is 5.13. The SMILES string of the molecule is Cc1cc([N+](=O)[O-])c2c(c1C)[C@@H]1C=CC[C@@H]1[C@H](c1ccc(Cl)cc1)N2. The topological polar surface area (TPSA) is 55.2 Å². The Kier molecular flexibility index (Phi) is 3.80. The number of allylic oxidation sites excluding steroid dienone is 2. The van der Waals surface area contributed by atoms with Crippen LogP contribution < -0.4 is 5.32 Å². The Labute approximate surface area is 151 Å². The summed E-state index contributed by atoms with van der Waals surface area (Å²) in [7, 11) is 0. The number of aryl methyl sites for hydroxylation is 1. The largest absolute Gasteiger partial charge is 0.372 e. The van der Waals surface area contributed by atoms with Gasteiger partial charge in [0, 0.05) is 17.0 Å². The van der Waals surface area contributed by atoms with Gasteiger partial charge in [-0.05, 0) is 60.6 Å². The summed E-state index contributed by atoms with van der Waals surface area (Å²) in [6.07, 6.45) is 5.37. The first-order valence-corrected chi connectivity index (χ1v) is 8.82. The van der Waals surface area contributed by atoms with Crippen molar-refractivity contribution in [2.75, 3.05) is 5.32 Å². The summed E-state index contributed by atoms with van der Waals surface area (Å²) in [6.45, 7) is 4.01. The van der Waals surface area contributed by atoms with E-state index in [0.717, 1.165) is 28.7 Å². The highest BCUT2D eigenvalue weighted by atomic mass is 35.5. The molecule has 0 saturated heterocycles. The first-order valence-electron chi connectivity index (χ1n) is 8.44. The van der Waals surface area contributed by atoms with Crippen LogP contribution >= 0.6 is 11.6 Å². The van der Waals surface area contributed by atoms with E-state index in [-0.39, 0.29) is 22.6 Å². The fraction of sp³-hybridized carbons (Fsp3) is 0.300. The van der Waals surface area contributed by atoms with Gasteiger partial charge in [-0.25, -0.2) is 0 Å². The van der Waals surface area contributed by atoms with Crippen LogP contribution in [0.15, 0.2) is 42.5 Å². The van der Waals surface area contributed by atoms with Gasteiger partial charge in [-0.3, -0.25) is 10.1 Å². The summed E-state index contributed by atoms with van der Waals surface area (Å²) in [5.74, 6) is 0.560. The van der Waals surface area contributed by atoms with E-state index in [1.165, 1.54) is 0 Å². The normalized spacial score (nSPS) is 23.7. The Bertz CT molecular complexity index is 890. The van der Waals surface area contributed by atoms with Gasteiger partial charge < -0.3 is 5.32 Å². The molecule has 5 heteroatoms. The molecule has 0 amide bonds. The van der Waals surface area contributed by atoms with E-state index in [4.69, 9.17) is 11.6 Å². The molecule has 2 aromatic carbocycles. The van der Waals surface area contributed by atoms with Crippen LogP contribution in [0, 0.1) is 29.9 Å². The Morgan fingerprint density at radius 1 is 1.24 bits per heavy atom. The average Bonchev–Trinajstić information content (AvgIpc) is 3.07. The molecule has 0 unspecified atom stereocenters. The Morgan fingerprint density at radius 2 is 1.96 bits per heavy atom. The molecule has 2 aromatic rings. The zero-order valence-corrected chi connectivity index (χ0v) is 14.9. The molecule has 0 aromatic heterocycles. The molecule has 0 saturated carbocycles. The van der Waals surface area contributed by atoms with Crippen molar-refractivity contribution in [3.8, 4) is 0 Å². The van der Waals surface area contributed by atoms with Crippen molar-refractivity contribution in [1.82, 2.24) is 0 Å². The van der Waals surface area contributed by atoms with Crippen LogP contribution in [0.1, 0.15) is 40.6 Å². The van der Waals surface area contributed by atoms with Gasteiger partial charge in [0.05, 0.1) is 11.0 Å². The summed E-state index contributed by atoms with van der Waals surface area (Å²) in [5, 5.41) is 15.8. The fourth-order valence-electron chi connectivity index (χ4n) is 4.22. The standard InChI is InChI=1S/C20H19ClN2O2/c1-11-10-17(23(24)25)20-18(12(11)2)15-4-3-5-16(15)19(22-20)13-6-8-14(21)9-7-13/h3-4,6-10,15-16,19,22H,5H2,1-2H3/t15-,16+,19+/m1/s1. The van der Waals surface area contributed by atoms with Crippen LogP contribution in [-0.4, -0.2) is 4.92 Å². The first-order chi connectivity index (χ1) is 12.0. The number of hydrogen-bond acceptors (Lipinski definition) is 3. The monoisotopic (exact) mass is 354 g/mol. The summed E-state index contributed by atoms with van der Waals surface area (Å²) >= 11 is 6.03. The van der Waals surface area contributed by atoms with Gasteiger partial charge in [-0.15, -0.1) is 0 Å². The van der Waals surface area contributed by atoms with Crippen LogP contribution in [0.5, 0.6) is 0 Å². The number of halogens is 1. The summed E-state index contributed by atoms with van der Waals surface area (Å²) < 4.78 is 0. The molecule has 0 radical (unpaired) electrons. The predicted octanol–water partition coefficient (Wildman–Crippen LogP) is 5.69. The Morgan fingerprint density at radius 3 is 2.64 bits per heavy atom. The van der Waals surface area contributed by atoms with E-state index in [9.17, 15) is 10.1 Å². The molecular formula is C20H19ClN2O2. The van der Waals surface area contributed by atoms with Crippen LogP contribution in [0.2, 0.25) is 5.02 Å². The maximum atomic E-state index is 11.6. The molecule has 4 nitrogen and oxygen atoms in total. The van der Waals surface area contributed by atoms with Crippen molar-refractivity contribution in [1.29, 1.82) is 0 Å². The molecule has 1 aliphatic carbocycles. The maximum absolute atomic E-state index is 11.6. The third-order valence-corrected chi connectivity index (χ3v) is 5.83. The molecule has 1 aliphatic heterocycles. The van der Waals surface area contributed by atoms with E-state index in [0.29, 0.717) is 16.6 Å². The number of hydrogen-bond donors (Lipinski definition) is 1. The van der Waals surface area contributed by atoms with E-state index >= 15 is 0 Å². The molecule has 1 heterocycles. The molecule has 0 bridgehead atoms. The highest BCUT2D eigenvalue weighted by molar-refractivity contribution is 6.30. The van der Waals surface area contributed by atoms with Crippen LogP contribution in [0.25, 0.3) is 0 Å². The lowest BCUT2D eigenvalue weighted by atomic mass is 9.74. The molecule has 3 atom stereocenters. The van der Waals surface area contributed by atoms with Crippen LogP contribution in [-0.2, 0) is 0 Å². The molecular weight excluding hydrogens is 336 g/mol. The zero-order chi connectivity index (χ0) is 17.7. The Hall–Kier alpha value is -2.33. The maximum Gasteiger partial charge on any atom is 0.292 e. The van der Waals surface area contributed by atoms with Crippen molar-refractivity contribution in [2.24, 2.45) is 5.92 Å². The molecule has 0 spiro atoms. The second-order valence-electron chi connectivity index (χ2n) is 6.91. The van der Waals surface area contributed by atoms with Crippen molar-refractivity contribution in [2.45, 2.75) is 32.2 Å². The smallest absolute Gasteiger partial charge is 0.292 e. The molecule has 0 fully saturated rings. The molecule has 25 heavy (non-hydrogen) atoms. The minimum absolute atomic E-state index is 0.0329. The number of benzene rings is 2. The van der Waals surface area contributed by atoms with Gasteiger partial charge in [-0.1, -0.05) is 35.9 Å². The van der Waals surface area contributed by atoms with Crippen molar-refractivity contribution in [3.63, 3.8) is 0 Å². The zero-order valence-electron chi connectivity index (χ0n) is 14.1. The van der Waals surface area contributed by atoms with Gasteiger partial charge in [0.25, 0.3) is 5.69 Å². The highest BCUT2D eigenvalue weighted by Crippen LogP contribution is 2.53. The first kappa shape index (κ1) is 16.2. The van der Waals surface area contributed by atoms with Gasteiger partial charge in [0.15, 0.2) is 0 Å². The molecule has 4 rings (SSSR count). The predicted molar refractivity (Wildman–Crippen MR) is 100 cm³/mol. The quantitative estimate of drug-likeness (QED) is 0.428. The van der Waals surface area contributed by atoms with E-state index in [2.05, 4.69) is 24.4 Å². The number of nitrogens with one attached hydrogen (secondary N) is 1. The van der Waals surface area contributed by atoms with E-state index in [1.54, 1.807) is 6.07 Å². The lowest BCUT2D eigenvalue weighted by Gasteiger charge is -2.38. The summed E-state index contributed by atoms with van der Waals surface area (Å²) in [4.78, 5) is 11.4. The van der Waals surface area contributed by atoms with Gasteiger partial charge in [0.1, 0.15) is 5.69 Å². The van der Waals surface area contributed by atoms with E-state index < -0.39 is 0 Å². The van der Waals surface area contributed by atoms with Crippen molar-refractivity contribution in [3.05, 3.63) is 79.9 Å². The number of nitrogens with zero attached hydrogens (tertiary/aromatic N) is 1. The third-order valence-electron chi connectivity index (χ3n) is 5.57. The average molecular weight is 355 g/mol. The van der Waals surface area contributed by atoms with Crippen LogP contribution in [0.4, 0.5) is 11.4 Å². The van der Waals surface area contributed by atoms with Gasteiger partial charge in [-0.2, -0.15) is 0 Å². The second-order valence-corrected chi connectivity index (χ2v) is 7.35. The lowest BCUT2D eigenvalue weighted by Crippen LogP contribution is -2.30. The van der Waals surface area contributed by atoms with E-state index in [1.807, 2.05) is 31.2 Å². The Balaban J connectivity index is 1.90. The second kappa shape index (κ2) is 5.88. The number of anilines is 1. The number of rotatable bonds is 2. The highest BCUT2D eigenvalue weighted by Gasteiger charge is 2.41. The minimum atomic E-state index is -0.282. The molecule has 2 aliphatic rings. The van der Waals surface area contributed by atoms with Crippen LogP contribution in [0.3, 0.4) is 0 Å². The van der Waals surface area contributed by atoms with Crippen molar-refractivity contribution >= 4 is 23.0 Å². The number of fused-ring (bicyclic) bond motifs is 3. The van der Waals surface area contributed by atoms with Gasteiger partial charge in [0.2, 0.25) is 0 Å². The third kappa shape index (κ3) is 2.52. The van der Waals surface area contributed by atoms with Gasteiger partial charge >= 0.3 is 0 Å². The molecule has 128 valence electrons. The number of nitro benzene ring substituents is 1.